The van der Waals surface area contributed by atoms with E-state index in [1.807, 2.05) is 54.8 Å². The monoisotopic (exact) mass is 337 g/mol. The molecule has 2 aromatic rings. The highest BCUT2D eigenvalue weighted by molar-refractivity contribution is 7.99. The molecule has 2 nitrogen and oxygen atoms in total. The van der Waals surface area contributed by atoms with Gasteiger partial charge in [-0.25, -0.2) is 0 Å². The first-order valence-electron chi connectivity index (χ1n) is 6.49. The minimum atomic E-state index is -0.0284. The number of halogens is 1. The van der Waals surface area contributed by atoms with Crippen LogP contribution >= 0.6 is 35.1 Å². The first-order valence-corrected chi connectivity index (χ1v) is 9.08. The molecule has 0 aliphatic heterocycles. The van der Waals surface area contributed by atoms with Crippen molar-refractivity contribution in [1.82, 2.24) is 5.32 Å². The van der Waals surface area contributed by atoms with Gasteiger partial charge >= 0.3 is 0 Å². The number of carbonyl (C=O) groups excluding carboxylic acids is 1. The van der Waals surface area contributed by atoms with Crippen LogP contribution in [0.25, 0.3) is 0 Å². The Bertz CT molecular complexity index is 584. The van der Waals surface area contributed by atoms with Crippen molar-refractivity contribution in [3.8, 4) is 0 Å². The standard InChI is InChI=1S/C16H16ClNOS2/c1-20-14-6-2-12(3-7-14)16(19)18-10-11-21-15-8-4-13(17)5-9-15/h2-9H,10-11H2,1H3,(H,18,19). The van der Waals surface area contributed by atoms with Gasteiger partial charge in [0.15, 0.2) is 0 Å². The van der Waals surface area contributed by atoms with Gasteiger partial charge in [0, 0.05) is 32.7 Å². The average Bonchev–Trinajstić information content (AvgIpc) is 2.53. The summed E-state index contributed by atoms with van der Waals surface area (Å²) >= 11 is 9.20. The molecular weight excluding hydrogens is 322 g/mol. The summed E-state index contributed by atoms with van der Waals surface area (Å²) in [6, 6.07) is 15.3. The van der Waals surface area contributed by atoms with E-state index in [2.05, 4.69) is 5.32 Å². The van der Waals surface area contributed by atoms with E-state index in [0.29, 0.717) is 12.1 Å². The summed E-state index contributed by atoms with van der Waals surface area (Å²) in [5.41, 5.74) is 0.698. The summed E-state index contributed by atoms with van der Waals surface area (Å²) in [4.78, 5) is 14.3. The first kappa shape index (κ1) is 16.3. The fraction of sp³-hybridized carbons (Fsp3) is 0.188. The molecule has 110 valence electrons. The van der Waals surface area contributed by atoms with Crippen molar-refractivity contribution in [3.05, 3.63) is 59.1 Å². The highest BCUT2D eigenvalue weighted by Gasteiger charge is 2.04. The van der Waals surface area contributed by atoms with Crippen molar-refractivity contribution in [2.45, 2.75) is 9.79 Å². The van der Waals surface area contributed by atoms with Crippen LogP contribution in [0.4, 0.5) is 0 Å². The van der Waals surface area contributed by atoms with E-state index < -0.39 is 0 Å². The molecule has 2 rings (SSSR count). The summed E-state index contributed by atoms with van der Waals surface area (Å²) in [5.74, 6) is 0.801. The molecule has 0 aliphatic rings. The Morgan fingerprint density at radius 3 is 2.29 bits per heavy atom. The van der Waals surface area contributed by atoms with Crippen molar-refractivity contribution in [3.63, 3.8) is 0 Å². The largest absolute Gasteiger partial charge is 0.351 e. The third-order valence-electron chi connectivity index (χ3n) is 2.82. The molecule has 0 spiro atoms. The molecule has 0 saturated carbocycles. The number of thioether (sulfide) groups is 2. The van der Waals surface area contributed by atoms with Crippen LogP contribution in [0.3, 0.4) is 0 Å². The smallest absolute Gasteiger partial charge is 0.251 e. The molecule has 2 aromatic carbocycles. The van der Waals surface area contributed by atoms with Gasteiger partial charge in [-0.05, 0) is 54.8 Å². The van der Waals surface area contributed by atoms with Crippen LogP contribution in [0, 0.1) is 0 Å². The molecule has 0 bridgehead atoms. The van der Waals surface area contributed by atoms with E-state index in [4.69, 9.17) is 11.6 Å². The predicted molar refractivity (Wildman–Crippen MR) is 92.7 cm³/mol. The molecule has 21 heavy (non-hydrogen) atoms. The molecule has 0 heterocycles. The van der Waals surface area contributed by atoms with E-state index in [1.165, 1.54) is 0 Å². The van der Waals surface area contributed by atoms with Gasteiger partial charge in [-0.15, -0.1) is 23.5 Å². The molecule has 5 heteroatoms. The van der Waals surface area contributed by atoms with Gasteiger partial charge in [0.05, 0.1) is 0 Å². The number of hydrogen-bond acceptors (Lipinski definition) is 3. The van der Waals surface area contributed by atoms with Crippen LogP contribution in [0.5, 0.6) is 0 Å². The Kier molecular flexibility index (Phi) is 6.49. The quantitative estimate of drug-likeness (QED) is 0.617. The van der Waals surface area contributed by atoms with Gasteiger partial charge < -0.3 is 5.32 Å². The third kappa shape index (κ3) is 5.30. The van der Waals surface area contributed by atoms with Crippen molar-refractivity contribution in [1.29, 1.82) is 0 Å². The summed E-state index contributed by atoms with van der Waals surface area (Å²) in [6.45, 7) is 0.635. The average molecular weight is 338 g/mol. The molecule has 1 N–H and O–H groups in total. The number of nitrogens with one attached hydrogen (secondary N) is 1. The van der Waals surface area contributed by atoms with Crippen LogP contribution in [0.2, 0.25) is 5.02 Å². The zero-order chi connectivity index (χ0) is 15.1. The van der Waals surface area contributed by atoms with Gasteiger partial charge in [0.1, 0.15) is 0 Å². The van der Waals surface area contributed by atoms with E-state index in [-0.39, 0.29) is 5.91 Å². The maximum atomic E-state index is 12.0. The van der Waals surface area contributed by atoms with Crippen LogP contribution in [0.15, 0.2) is 58.3 Å². The van der Waals surface area contributed by atoms with Gasteiger partial charge in [-0.3, -0.25) is 4.79 Å². The molecule has 0 radical (unpaired) electrons. The Balaban J connectivity index is 1.74. The highest BCUT2D eigenvalue weighted by Crippen LogP contribution is 2.19. The summed E-state index contributed by atoms with van der Waals surface area (Å²) < 4.78 is 0. The number of amides is 1. The molecular formula is C16H16ClNOS2. The molecule has 0 fully saturated rings. The number of rotatable bonds is 6. The van der Waals surface area contributed by atoms with E-state index >= 15 is 0 Å². The zero-order valence-electron chi connectivity index (χ0n) is 11.6. The highest BCUT2D eigenvalue weighted by atomic mass is 35.5. The van der Waals surface area contributed by atoms with Crippen molar-refractivity contribution in [2.75, 3.05) is 18.6 Å². The Hall–Kier alpha value is -1.10. The van der Waals surface area contributed by atoms with Crippen LogP contribution in [0.1, 0.15) is 10.4 Å². The van der Waals surface area contributed by atoms with E-state index in [0.717, 1.165) is 20.6 Å². The normalized spacial score (nSPS) is 10.4. The molecule has 1 amide bonds. The summed E-state index contributed by atoms with van der Waals surface area (Å²) in [5, 5.41) is 3.66. The minimum absolute atomic E-state index is 0.0284. The lowest BCUT2D eigenvalue weighted by atomic mass is 10.2. The number of hydrogen-bond donors (Lipinski definition) is 1. The van der Waals surface area contributed by atoms with Gasteiger partial charge in [0.25, 0.3) is 5.91 Å². The van der Waals surface area contributed by atoms with Gasteiger partial charge in [0.2, 0.25) is 0 Å². The topological polar surface area (TPSA) is 29.1 Å². The van der Waals surface area contributed by atoms with Crippen molar-refractivity contribution in [2.24, 2.45) is 0 Å². The van der Waals surface area contributed by atoms with Crippen LogP contribution in [-0.2, 0) is 0 Å². The van der Waals surface area contributed by atoms with E-state index in [9.17, 15) is 4.79 Å². The lowest BCUT2D eigenvalue weighted by Crippen LogP contribution is -2.25. The number of benzene rings is 2. The molecule has 0 saturated heterocycles. The fourth-order valence-electron chi connectivity index (χ4n) is 1.71. The molecule has 0 aromatic heterocycles. The van der Waals surface area contributed by atoms with Gasteiger partial charge in [-0.1, -0.05) is 11.6 Å². The Labute approximate surface area is 138 Å². The zero-order valence-corrected chi connectivity index (χ0v) is 14.0. The second kappa shape index (κ2) is 8.37. The molecule has 0 atom stereocenters. The fourth-order valence-corrected chi connectivity index (χ4v) is 3.01. The van der Waals surface area contributed by atoms with Gasteiger partial charge in [-0.2, -0.15) is 0 Å². The maximum absolute atomic E-state index is 12.0. The van der Waals surface area contributed by atoms with Crippen LogP contribution < -0.4 is 5.32 Å². The summed E-state index contributed by atoms with van der Waals surface area (Å²) in [7, 11) is 0. The lowest BCUT2D eigenvalue weighted by molar-refractivity contribution is 0.0956. The lowest BCUT2D eigenvalue weighted by Gasteiger charge is -2.06. The van der Waals surface area contributed by atoms with Crippen LogP contribution in [-0.4, -0.2) is 24.5 Å². The third-order valence-corrected chi connectivity index (χ3v) is 4.83. The minimum Gasteiger partial charge on any atom is -0.351 e. The predicted octanol–water partition coefficient (Wildman–Crippen LogP) is 4.58. The second-order valence-electron chi connectivity index (χ2n) is 4.29. The van der Waals surface area contributed by atoms with Crippen molar-refractivity contribution >= 4 is 41.0 Å². The SMILES string of the molecule is CSc1ccc(C(=O)NCCSc2ccc(Cl)cc2)cc1. The first-order chi connectivity index (χ1) is 10.2. The summed E-state index contributed by atoms with van der Waals surface area (Å²) in [6.07, 6.45) is 2.02. The second-order valence-corrected chi connectivity index (χ2v) is 6.77. The Morgan fingerprint density at radius 2 is 1.67 bits per heavy atom. The Morgan fingerprint density at radius 1 is 1.05 bits per heavy atom. The van der Waals surface area contributed by atoms with Crippen molar-refractivity contribution < 1.29 is 4.79 Å². The maximum Gasteiger partial charge on any atom is 0.251 e. The molecule has 0 unspecified atom stereocenters. The number of carbonyl (C=O) groups is 1. The van der Waals surface area contributed by atoms with E-state index in [1.54, 1.807) is 23.5 Å². The molecule has 0 aliphatic carbocycles.